The fourth-order valence-electron chi connectivity index (χ4n) is 4.29. The van der Waals surface area contributed by atoms with Crippen molar-refractivity contribution in [3.05, 3.63) is 59.1 Å². The van der Waals surface area contributed by atoms with E-state index < -0.39 is 5.41 Å². The van der Waals surface area contributed by atoms with Crippen molar-refractivity contribution in [3.63, 3.8) is 0 Å². The Morgan fingerprint density at radius 1 is 0.963 bits per heavy atom. The summed E-state index contributed by atoms with van der Waals surface area (Å²) in [5.74, 6) is 0.201. The van der Waals surface area contributed by atoms with E-state index in [9.17, 15) is 9.59 Å². The van der Waals surface area contributed by atoms with E-state index in [0.29, 0.717) is 11.4 Å². The number of carbonyl (C=O) groups is 2. The van der Waals surface area contributed by atoms with Crippen LogP contribution in [-0.4, -0.2) is 18.4 Å². The highest BCUT2D eigenvalue weighted by atomic mass is 35.5. The standard InChI is InChI=1S/C22H23ClN2O2/c23-17-7-5-16(6-8-17)22(13-1-2-14-22)21(27)24-18-9-11-19(12-10-18)25-15-3-4-20(25)26/h5-12H,1-4,13-15H2,(H,24,27). The van der Waals surface area contributed by atoms with Crippen LogP contribution in [0, 0.1) is 0 Å². The van der Waals surface area contributed by atoms with Gasteiger partial charge in [0.1, 0.15) is 0 Å². The number of rotatable bonds is 4. The molecule has 27 heavy (non-hydrogen) atoms. The van der Waals surface area contributed by atoms with E-state index in [1.807, 2.05) is 48.5 Å². The Morgan fingerprint density at radius 2 is 1.63 bits per heavy atom. The first-order chi connectivity index (χ1) is 13.1. The van der Waals surface area contributed by atoms with Crippen LogP contribution in [0.5, 0.6) is 0 Å². The van der Waals surface area contributed by atoms with Gasteiger partial charge in [-0.15, -0.1) is 0 Å². The van der Waals surface area contributed by atoms with Gasteiger partial charge in [0.2, 0.25) is 11.8 Å². The van der Waals surface area contributed by atoms with Crippen LogP contribution in [0.3, 0.4) is 0 Å². The minimum atomic E-state index is -0.492. The molecule has 2 amide bonds. The van der Waals surface area contributed by atoms with Gasteiger partial charge in [-0.1, -0.05) is 36.6 Å². The van der Waals surface area contributed by atoms with E-state index in [1.54, 1.807) is 4.90 Å². The quantitative estimate of drug-likeness (QED) is 0.816. The highest BCUT2D eigenvalue weighted by Crippen LogP contribution is 2.42. The number of hydrogen-bond acceptors (Lipinski definition) is 2. The Kier molecular flexibility index (Phi) is 4.92. The van der Waals surface area contributed by atoms with Gasteiger partial charge in [0, 0.05) is 29.4 Å². The first-order valence-corrected chi connectivity index (χ1v) is 9.94. The van der Waals surface area contributed by atoms with Gasteiger partial charge >= 0.3 is 0 Å². The molecule has 2 aromatic carbocycles. The second-order valence-electron chi connectivity index (χ2n) is 7.45. The molecule has 1 saturated heterocycles. The van der Waals surface area contributed by atoms with E-state index in [2.05, 4.69) is 5.32 Å². The third-order valence-corrected chi connectivity index (χ3v) is 6.05. The third-order valence-electron chi connectivity index (χ3n) is 5.80. The van der Waals surface area contributed by atoms with Crippen molar-refractivity contribution in [1.29, 1.82) is 0 Å². The van der Waals surface area contributed by atoms with Gasteiger partial charge in [-0.2, -0.15) is 0 Å². The third kappa shape index (κ3) is 3.46. The van der Waals surface area contributed by atoms with Crippen molar-refractivity contribution >= 4 is 34.8 Å². The Balaban J connectivity index is 1.53. The van der Waals surface area contributed by atoms with E-state index in [0.717, 1.165) is 55.6 Å². The Bertz CT molecular complexity index is 840. The summed E-state index contributed by atoms with van der Waals surface area (Å²) < 4.78 is 0. The summed E-state index contributed by atoms with van der Waals surface area (Å²) in [6.07, 6.45) is 5.31. The fraction of sp³-hybridized carbons (Fsp3) is 0.364. The lowest BCUT2D eigenvalue weighted by Crippen LogP contribution is -2.38. The molecule has 2 aromatic rings. The Hall–Kier alpha value is -2.33. The van der Waals surface area contributed by atoms with Crippen molar-refractivity contribution in [3.8, 4) is 0 Å². The molecule has 1 aliphatic carbocycles. The number of nitrogens with one attached hydrogen (secondary N) is 1. The molecule has 1 N–H and O–H groups in total. The van der Waals surface area contributed by atoms with Crippen molar-refractivity contribution in [2.45, 2.75) is 43.9 Å². The maximum Gasteiger partial charge on any atom is 0.235 e. The highest BCUT2D eigenvalue weighted by molar-refractivity contribution is 6.30. The lowest BCUT2D eigenvalue weighted by Gasteiger charge is -2.28. The lowest BCUT2D eigenvalue weighted by atomic mass is 9.78. The minimum Gasteiger partial charge on any atom is -0.325 e. The second-order valence-corrected chi connectivity index (χ2v) is 7.88. The molecule has 140 valence electrons. The fourth-order valence-corrected chi connectivity index (χ4v) is 4.42. The number of anilines is 2. The zero-order valence-corrected chi connectivity index (χ0v) is 16.0. The molecule has 4 rings (SSSR count). The highest BCUT2D eigenvalue weighted by Gasteiger charge is 2.42. The monoisotopic (exact) mass is 382 g/mol. The summed E-state index contributed by atoms with van der Waals surface area (Å²) in [5, 5.41) is 3.77. The van der Waals surface area contributed by atoms with Crippen LogP contribution in [0.1, 0.15) is 44.1 Å². The number of hydrogen-bond donors (Lipinski definition) is 1. The molecular weight excluding hydrogens is 360 g/mol. The molecule has 0 unspecified atom stereocenters. The molecular formula is C22H23ClN2O2. The number of nitrogens with zero attached hydrogens (tertiary/aromatic N) is 1. The number of carbonyl (C=O) groups excluding carboxylic acids is 2. The van der Waals surface area contributed by atoms with E-state index in [4.69, 9.17) is 11.6 Å². The van der Waals surface area contributed by atoms with Crippen LogP contribution >= 0.6 is 11.6 Å². The average molecular weight is 383 g/mol. The molecule has 0 aromatic heterocycles. The van der Waals surface area contributed by atoms with Gasteiger partial charge in [-0.05, 0) is 61.2 Å². The van der Waals surface area contributed by atoms with Crippen LogP contribution < -0.4 is 10.2 Å². The van der Waals surface area contributed by atoms with Gasteiger partial charge in [0.05, 0.1) is 5.41 Å². The molecule has 4 nitrogen and oxygen atoms in total. The molecule has 5 heteroatoms. The van der Waals surface area contributed by atoms with E-state index >= 15 is 0 Å². The minimum absolute atomic E-state index is 0.0346. The average Bonchev–Trinajstić information content (AvgIpc) is 3.33. The summed E-state index contributed by atoms with van der Waals surface area (Å²) in [6.45, 7) is 0.768. The normalized spacial score (nSPS) is 18.7. The topological polar surface area (TPSA) is 49.4 Å². The Labute approximate surface area is 164 Å². The number of halogens is 1. The number of benzene rings is 2. The summed E-state index contributed by atoms with van der Waals surface area (Å²) in [6, 6.07) is 15.2. The van der Waals surface area contributed by atoms with Crippen LogP contribution in [0.4, 0.5) is 11.4 Å². The maximum absolute atomic E-state index is 13.2. The molecule has 1 heterocycles. The van der Waals surface area contributed by atoms with Crippen LogP contribution in [0.15, 0.2) is 48.5 Å². The molecule has 2 fully saturated rings. The van der Waals surface area contributed by atoms with Crippen molar-refractivity contribution < 1.29 is 9.59 Å². The summed E-state index contributed by atoms with van der Waals surface area (Å²) in [7, 11) is 0. The van der Waals surface area contributed by atoms with Crippen molar-refractivity contribution in [1.82, 2.24) is 0 Å². The maximum atomic E-state index is 13.2. The smallest absolute Gasteiger partial charge is 0.235 e. The second kappa shape index (κ2) is 7.35. The van der Waals surface area contributed by atoms with Gasteiger partial charge in [-0.25, -0.2) is 0 Å². The molecule has 0 bridgehead atoms. The predicted octanol–water partition coefficient (Wildman–Crippen LogP) is 4.92. The van der Waals surface area contributed by atoms with Crippen molar-refractivity contribution in [2.75, 3.05) is 16.8 Å². The first kappa shape index (κ1) is 18.1. The zero-order chi connectivity index (χ0) is 18.9. The zero-order valence-electron chi connectivity index (χ0n) is 15.2. The molecule has 2 aliphatic rings. The summed E-state index contributed by atoms with van der Waals surface area (Å²) >= 11 is 6.02. The van der Waals surface area contributed by atoms with E-state index in [-0.39, 0.29) is 11.8 Å². The molecule has 1 saturated carbocycles. The van der Waals surface area contributed by atoms with Crippen LogP contribution in [0.2, 0.25) is 5.02 Å². The van der Waals surface area contributed by atoms with Gasteiger partial charge in [0.15, 0.2) is 0 Å². The number of amides is 2. The molecule has 1 aliphatic heterocycles. The van der Waals surface area contributed by atoms with Gasteiger partial charge in [-0.3, -0.25) is 9.59 Å². The molecule has 0 spiro atoms. The van der Waals surface area contributed by atoms with E-state index in [1.165, 1.54) is 0 Å². The van der Waals surface area contributed by atoms with Crippen LogP contribution in [0.25, 0.3) is 0 Å². The van der Waals surface area contributed by atoms with Crippen LogP contribution in [-0.2, 0) is 15.0 Å². The predicted molar refractivity (Wildman–Crippen MR) is 108 cm³/mol. The van der Waals surface area contributed by atoms with Gasteiger partial charge in [0.25, 0.3) is 0 Å². The first-order valence-electron chi connectivity index (χ1n) is 9.56. The SMILES string of the molecule is O=C1CCCN1c1ccc(NC(=O)C2(c3ccc(Cl)cc3)CCCC2)cc1. The Morgan fingerprint density at radius 3 is 2.22 bits per heavy atom. The van der Waals surface area contributed by atoms with Crippen molar-refractivity contribution in [2.24, 2.45) is 0 Å². The lowest BCUT2D eigenvalue weighted by molar-refractivity contribution is -0.121. The molecule has 0 radical (unpaired) electrons. The largest absolute Gasteiger partial charge is 0.325 e. The molecule has 0 atom stereocenters. The summed E-state index contributed by atoms with van der Waals surface area (Å²) in [5.41, 5.74) is 2.19. The van der Waals surface area contributed by atoms with Gasteiger partial charge < -0.3 is 10.2 Å². The summed E-state index contributed by atoms with van der Waals surface area (Å²) in [4.78, 5) is 26.9.